The second-order valence-corrected chi connectivity index (χ2v) is 5.63. The van der Waals surface area contributed by atoms with Gasteiger partial charge in [0.05, 0.1) is 12.9 Å². The van der Waals surface area contributed by atoms with Gasteiger partial charge in [-0.2, -0.15) is 0 Å². The number of para-hydroxylation sites is 1. The first-order valence-electron chi connectivity index (χ1n) is 7.86. The van der Waals surface area contributed by atoms with Crippen molar-refractivity contribution in [2.24, 2.45) is 0 Å². The van der Waals surface area contributed by atoms with Gasteiger partial charge in [0.15, 0.2) is 0 Å². The molecule has 0 radical (unpaired) electrons. The Hall–Kier alpha value is -1.74. The van der Waals surface area contributed by atoms with Crippen LogP contribution in [0.25, 0.3) is 0 Å². The predicted molar refractivity (Wildman–Crippen MR) is 83.8 cm³/mol. The molecule has 0 aliphatic carbocycles. The Balaban J connectivity index is 1.82. The SMILES string of the molecule is CCCNC(Cc1ccco1)C1CCOc2ccccc21. The van der Waals surface area contributed by atoms with Crippen molar-refractivity contribution in [1.29, 1.82) is 0 Å². The molecular weight excluding hydrogens is 262 g/mol. The van der Waals surface area contributed by atoms with E-state index in [1.54, 1.807) is 6.26 Å². The molecule has 3 nitrogen and oxygen atoms in total. The molecule has 3 rings (SSSR count). The van der Waals surface area contributed by atoms with Crippen molar-refractivity contribution in [2.75, 3.05) is 13.2 Å². The van der Waals surface area contributed by atoms with Crippen molar-refractivity contribution >= 4 is 0 Å². The summed E-state index contributed by atoms with van der Waals surface area (Å²) in [4.78, 5) is 0. The van der Waals surface area contributed by atoms with E-state index < -0.39 is 0 Å². The zero-order valence-electron chi connectivity index (χ0n) is 12.5. The lowest BCUT2D eigenvalue weighted by molar-refractivity contribution is 0.241. The van der Waals surface area contributed by atoms with E-state index in [1.807, 2.05) is 12.1 Å². The Bertz CT molecular complexity index is 550. The third kappa shape index (κ3) is 3.30. The Morgan fingerprint density at radius 3 is 2.95 bits per heavy atom. The summed E-state index contributed by atoms with van der Waals surface area (Å²) in [5.41, 5.74) is 1.32. The molecule has 0 bridgehead atoms. The molecule has 1 aliphatic rings. The van der Waals surface area contributed by atoms with Gasteiger partial charge < -0.3 is 14.5 Å². The molecule has 21 heavy (non-hydrogen) atoms. The Kier molecular flexibility index (Phi) is 4.61. The molecule has 2 aromatic rings. The van der Waals surface area contributed by atoms with Crippen molar-refractivity contribution in [1.82, 2.24) is 5.32 Å². The molecule has 2 heterocycles. The summed E-state index contributed by atoms with van der Waals surface area (Å²) in [6, 6.07) is 12.8. The van der Waals surface area contributed by atoms with Gasteiger partial charge in [-0.1, -0.05) is 25.1 Å². The molecule has 112 valence electrons. The van der Waals surface area contributed by atoms with Gasteiger partial charge in [-0.15, -0.1) is 0 Å². The molecule has 1 N–H and O–H groups in total. The van der Waals surface area contributed by atoms with Crippen LogP contribution in [0.5, 0.6) is 5.75 Å². The maximum atomic E-state index is 5.79. The van der Waals surface area contributed by atoms with Crippen molar-refractivity contribution in [2.45, 2.75) is 38.1 Å². The monoisotopic (exact) mass is 285 g/mol. The molecule has 2 atom stereocenters. The first kappa shape index (κ1) is 14.2. The summed E-state index contributed by atoms with van der Waals surface area (Å²) in [5.74, 6) is 2.57. The van der Waals surface area contributed by atoms with E-state index in [1.165, 1.54) is 5.56 Å². The van der Waals surface area contributed by atoms with Crippen LogP contribution in [0.2, 0.25) is 0 Å². The second-order valence-electron chi connectivity index (χ2n) is 5.63. The van der Waals surface area contributed by atoms with Crippen LogP contribution >= 0.6 is 0 Å². The largest absolute Gasteiger partial charge is 0.493 e. The molecule has 1 aromatic carbocycles. The highest BCUT2D eigenvalue weighted by molar-refractivity contribution is 5.38. The fourth-order valence-electron chi connectivity index (χ4n) is 3.12. The van der Waals surface area contributed by atoms with Crippen LogP contribution in [0.4, 0.5) is 0 Å². The van der Waals surface area contributed by atoms with Gasteiger partial charge >= 0.3 is 0 Å². The van der Waals surface area contributed by atoms with Gasteiger partial charge in [0, 0.05) is 18.4 Å². The molecule has 3 heteroatoms. The number of hydrogen-bond acceptors (Lipinski definition) is 3. The predicted octanol–water partition coefficient (Wildman–Crippen LogP) is 3.76. The molecule has 0 spiro atoms. The highest BCUT2D eigenvalue weighted by Crippen LogP contribution is 2.36. The standard InChI is InChI=1S/C18H23NO2/c1-2-10-19-17(13-14-6-5-11-20-14)15-9-12-21-18-8-4-3-7-16(15)18/h3-8,11,15,17,19H,2,9-10,12-13H2,1H3. The molecule has 0 saturated carbocycles. The summed E-state index contributed by atoms with van der Waals surface area (Å²) in [6.45, 7) is 4.03. The van der Waals surface area contributed by atoms with E-state index in [0.717, 1.165) is 43.9 Å². The van der Waals surface area contributed by atoms with Gasteiger partial charge in [-0.05, 0) is 43.1 Å². The summed E-state index contributed by atoms with van der Waals surface area (Å²) in [5, 5.41) is 3.70. The van der Waals surface area contributed by atoms with E-state index in [-0.39, 0.29) is 0 Å². The fraction of sp³-hybridized carbons (Fsp3) is 0.444. The second kappa shape index (κ2) is 6.81. The lowest BCUT2D eigenvalue weighted by Gasteiger charge is -2.32. The molecule has 0 saturated heterocycles. The van der Waals surface area contributed by atoms with E-state index in [9.17, 15) is 0 Å². The smallest absolute Gasteiger partial charge is 0.122 e. The normalized spacial score (nSPS) is 18.8. The molecule has 0 amide bonds. The number of hydrogen-bond donors (Lipinski definition) is 1. The number of furan rings is 1. The Morgan fingerprint density at radius 2 is 2.14 bits per heavy atom. The molecule has 1 aliphatic heterocycles. The highest BCUT2D eigenvalue weighted by Gasteiger charge is 2.29. The molecule has 1 aromatic heterocycles. The number of ether oxygens (including phenoxy) is 1. The minimum atomic E-state index is 0.390. The van der Waals surface area contributed by atoms with Gasteiger partial charge in [-0.3, -0.25) is 0 Å². The van der Waals surface area contributed by atoms with Crippen molar-refractivity contribution in [3.8, 4) is 5.75 Å². The average Bonchev–Trinajstić information content (AvgIpc) is 3.04. The number of nitrogens with one attached hydrogen (secondary N) is 1. The lowest BCUT2D eigenvalue weighted by atomic mass is 9.84. The van der Waals surface area contributed by atoms with Crippen LogP contribution in [0.15, 0.2) is 47.1 Å². The topological polar surface area (TPSA) is 34.4 Å². The van der Waals surface area contributed by atoms with Gasteiger partial charge in [0.1, 0.15) is 11.5 Å². The number of benzene rings is 1. The summed E-state index contributed by atoms with van der Waals surface area (Å²) >= 11 is 0. The van der Waals surface area contributed by atoms with E-state index in [0.29, 0.717) is 12.0 Å². The average molecular weight is 285 g/mol. The third-order valence-corrected chi connectivity index (χ3v) is 4.15. The maximum absolute atomic E-state index is 5.79. The third-order valence-electron chi connectivity index (χ3n) is 4.15. The quantitative estimate of drug-likeness (QED) is 0.877. The first-order valence-corrected chi connectivity index (χ1v) is 7.86. The van der Waals surface area contributed by atoms with Gasteiger partial charge in [0.2, 0.25) is 0 Å². The fourth-order valence-corrected chi connectivity index (χ4v) is 3.12. The summed E-state index contributed by atoms with van der Waals surface area (Å²) < 4.78 is 11.3. The minimum absolute atomic E-state index is 0.390. The minimum Gasteiger partial charge on any atom is -0.493 e. The number of rotatable bonds is 6. The maximum Gasteiger partial charge on any atom is 0.122 e. The molecule has 2 unspecified atom stereocenters. The summed E-state index contributed by atoms with van der Waals surface area (Å²) in [6.07, 6.45) is 4.87. The molecule has 0 fully saturated rings. The van der Waals surface area contributed by atoms with E-state index >= 15 is 0 Å². The van der Waals surface area contributed by atoms with Crippen LogP contribution in [-0.2, 0) is 6.42 Å². The van der Waals surface area contributed by atoms with Crippen molar-refractivity contribution < 1.29 is 9.15 Å². The van der Waals surface area contributed by atoms with Gasteiger partial charge in [0.25, 0.3) is 0 Å². The lowest BCUT2D eigenvalue weighted by Crippen LogP contribution is -2.39. The van der Waals surface area contributed by atoms with E-state index in [2.05, 4.69) is 36.5 Å². The van der Waals surface area contributed by atoms with Crippen LogP contribution in [0.1, 0.15) is 37.0 Å². The van der Waals surface area contributed by atoms with E-state index in [4.69, 9.17) is 9.15 Å². The first-order chi connectivity index (χ1) is 10.4. The van der Waals surface area contributed by atoms with Crippen LogP contribution in [-0.4, -0.2) is 19.2 Å². The van der Waals surface area contributed by atoms with Crippen LogP contribution < -0.4 is 10.1 Å². The highest BCUT2D eigenvalue weighted by atomic mass is 16.5. The number of fused-ring (bicyclic) bond motifs is 1. The van der Waals surface area contributed by atoms with Crippen LogP contribution in [0, 0.1) is 0 Å². The van der Waals surface area contributed by atoms with Crippen molar-refractivity contribution in [3.63, 3.8) is 0 Å². The molecular formula is C18H23NO2. The van der Waals surface area contributed by atoms with Gasteiger partial charge in [-0.25, -0.2) is 0 Å². The Morgan fingerprint density at radius 1 is 1.24 bits per heavy atom. The zero-order valence-corrected chi connectivity index (χ0v) is 12.5. The Labute approximate surface area is 126 Å². The zero-order chi connectivity index (χ0) is 14.5. The van der Waals surface area contributed by atoms with Crippen LogP contribution in [0.3, 0.4) is 0 Å². The summed E-state index contributed by atoms with van der Waals surface area (Å²) in [7, 11) is 0. The van der Waals surface area contributed by atoms with Crippen molar-refractivity contribution in [3.05, 3.63) is 54.0 Å².